The highest BCUT2D eigenvalue weighted by Crippen LogP contribution is 2.49. The SMILES string of the molecule is COc1cc(Cl)c2[nH]c(=O)c3sccc3c2c1-c1ccc(C2(CNC(=O)O)CC2)cc1. The molecule has 4 aromatic rings. The van der Waals surface area contributed by atoms with E-state index in [2.05, 4.69) is 10.3 Å². The number of benzene rings is 2. The molecule has 1 fully saturated rings. The molecule has 158 valence electrons. The summed E-state index contributed by atoms with van der Waals surface area (Å²) < 4.78 is 6.32. The minimum atomic E-state index is -1.01. The normalized spacial score (nSPS) is 14.6. The largest absolute Gasteiger partial charge is 0.496 e. The van der Waals surface area contributed by atoms with Crippen molar-refractivity contribution in [3.05, 3.63) is 62.7 Å². The maximum atomic E-state index is 12.5. The van der Waals surface area contributed by atoms with E-state index in [1.165, 1.54) is 11.3 Å². The minimum Gasteiger partial charge on any atom is -0.496 e. The number of fused-ring (bicyclic) bond motifs is 3. The Bertz CT molecular complexity index is 1390. The molecule has 1 saturated carbocycles. The first kappa shape index (κ1) is 19.9. The third-order valence-electron chi connectivity index (χ3n) is 6.06. The summed E-state index contributed by atoms with van der Waals surface area (Å²) in [6.07, 6.45) is 0.904. The molecule has 31 heavy (non-hydrogen) atoms. The van der Waals surface area contributed by atoms with Crippen LogP contribution in [0.5, 0.6) is 5.75 Å². The van der Waals surface area contributed by atoms with Gasteiger partial charge in [-0.05, 0) is 35.4 Å². The molecule has 0 bridgehead atoms. The van der Waals surface area contributed by atoms with Gasteiger partial charge in [0, 0.05) is 34.4 Å². The smallest absolute Gasteiger partial charge is 0.404 e. The van der Waals surface area contributed by atoms with Crippen LogP contribution in [0.2, 0.25) is 5.02 Å². The maximum absolute atomic E-state index is 12.5. The molecule has 3 N–H and O–H groups in total. The van der Waals surface area contributed by atoms with Crippen molar-refractivity contribution in [3.8, 4) is 16.9 Å². The Morgan fingerprint density at radius 1 is 1.29 bits per heavy atom. The van der Waals surface area contributed by atoms with Gasteiger partial charge in [0.2, 0.25) is 0 Å². The molecule has 1 aliphatic rings. The van der Waals surface area contributed by atoms with Gasteiger partial charge in [0.25, 0.3) is 5.56 Å². The van der Waals surface area contributed by atoms with Crippen LogP contribution in [0.15, 0.2) is 46.6 Å². The molecular weight excluding hydrogens is 436 g/mol. The van der Waals surface area contributed by atoms with Gasteiger partial charge >= 0.3 is 6.09 Å². The number of thiophene rings is 1. The second-order valence-electron chi connectivity index (χ2n) is 7.82. The topological polar surface area (TPSA) is 91.4 Å². The van der Waals surface area contributed by atoms with Crippen molar-refractivity contribution in [3.63, 3.8) is 0 Å². The zero-order valence-electron chi connectivity index (χ0n) is 16.6. The van der Waals surface area contributed by atoms with E-state index in [4.69, 9.17) is 21.4 Å². The summed E-state index contributed by atoms with van der Waals surface area (Å²) in [5.41, 5.74) is 3.20. The number of rotatable bonds is 5. The fraction of sp³-hybridized carbons (Fsp3) is 0.217. The van der Waals surface area contributed by atoms with Crippen LogP contribution in [-0.2, 0) is 5.41 Å². The number of pyridine rings is 1. The highest BCUT2D eigenvalue weighted by molar-refractivity contribution is 7.17. The first-order valence-electron chi connectivity index (χ1n) is 9.81. The molecule has 2 aromatic heterocycles. The summed E-state index contributed by atoms with van der Waals surface area (Å²) in [5.74, 6) is 0.624. The number of aromatic nitrogens is 1. The quantitative estimate of drug-likeness (QED) is 0.378. The second kappa shape index (κ2) is 7.28. The van der Waals surface area contributed by atoms with Crippen molar-refractivity contribution < 1.29 is 14.6 Å². The molecule has 8 heteroatoms. The molecule has 1 aliphatic carbocycles. The second-order valence-corrected chi connectivity index (χ2v) is 9.14. The fourth-order valence-corrected chi connectivity index (χ4v) is 5.31. The summed E-state index contributed by atoms with van der Waals surface area (Å²) in [6.45, 7) is 0.408. The predicted octanol–water partition coefficient (Wildman–Crippen LogP) is 5.37. The number of ether oxygens (including phenoxy) is 1. The number of carboxylic acid groups (broad SMARTS) is 1. The average molecular weight is 455 g/mol. The number of halogens is 1. The van der Waals surface area contributed by atoms with Crippen molar-refractivity contribution in [2.24, 2.45) is 0 Å². The van der Waals surface area contributed by atoms with Gasteiger partial charge in [0.15, 0.2) is 0 Å². The predicted molar refractivity (Wildman–Crippen MR) is 124 cm³/mol. The molecule has 0 spiro atoms. The van der Waals surface area contributed by atoms with Crippen LogP contribution in [0, 0.1) is 0 Å². The van der Waals surface area contributed by atoms with Crippen molar-refractivity contribution in [2.45, 2.75) is 18.3 Å². The number of methoxy groups -OCH3 is 1. The van der Waals surface area contributed by atoms with Gasteiger partial charge in [-0.15, -0.1) is 11.3 Å². The van der Waals surface area contributed by atoms with Crippen LogP contribution in [0.4, 0.5) is 4.79 Å². The van der Waals surface area contributed by atoms with E-state index in [-0.39, 0.29) is 11.0 Å². The lowest BCUT2D eigenvalue weighted by Gasteiger charge is -2.18. The summed E-state index contributed by atoms with van der Waals surface area (Å²) in [7, 11) is 1.60. The summed E-state index contributed by atoms with van der Waals surface area (Å²) in [4.78, 5) is 26.3. The van der Waals surface area contributed by atoms with Gasteiger partial charge in [0.05, 0.1) is 17.6 Å². The molecule has 6 nitrogen and oxygen atoms in total. The third-order valence-corrected chi connectivity index (χ3v) is 7.27. The number of amides is 1. The molecule has 2 heterocycles. The number of aromatic amines is 1. The van der Waals surface area contributed by atoms with E-state index in [1.54, 1.807) is 13.2 Å². The maximum Gasteiger partial charge on any atom is 0.404 e. The lowest BCUT2D eigenvalue weighted by Crippen LogP contribution is -2.30. The van der Waals surface area contributed by atoms with Crippen molar-refractivity contribution in [2.75, 3.05) is 13.7 Å². The molecule has 2 aromatic carbocycles. The van der Waals surface area contributed by atoms with Crippen LogP contribution >= 0.6 is 22.9 Å². The van der Waals surface area contributed by atoms with E-state index in [9.17, 15) is 9.59 Å². The first-order chi connectivity index (χ1) is 14.9. The highest BCUT2D eigenvalue weighted by Gasteiger charge is 2.44. The van der Waals surface area contributed by atoms with E-state index in [1.807, 2.05) is 35.7 Å². The Labute approximate surface area is 186 Å². The lowest BCUT2D eigenvalue weighted by atomic mass is 9.92. The molecule has 0 saturated heterocycles. The molecule has 0 atom stereocenters. The molecule has 5 rings (SSSR count). The van der Waals surface area contributed by atoms with E-state index >= 15 is 0 Å². The number of nitrogens with one attached hydrogen (secondary N) is 2. The molecule has 0 aliphatic heterocycles. The van der Waals surface area contributed by atoms with E-state index in [0.29, 0.717) is 27.5 Å². The van der Waals surface area contributed by atoms with E-state index in [0.717, 1.165) is 40.3 Å². The summed E-state index contributed by atoms with van der Waals surface area (Å²) in [6, 6.07) is 11.8. The Balaban J connectivity index is 1.68. The van der Waals surface area contributed by atoms with E-state index < -0.39 is 6.09 Å². The Hall–Kier alpha value is -3.03. The van der Waals surface area contributed by atoms with Gasteiger partial charge in [-0.2, -0.15) is 0 Å². The zero-order valence-corrected chi connectivity index (χ0v) is 18.2. The van der Waals surface area contributed by atoms with Crippen LogP contribution in [0.25, 0.3) is 32.1 Å². The third kappa shape index (κ3) is 3.25. The van der Waals surface area contributed by atoms with Crippen molar-refractivity contribution >= 4 is 50.0 Å². The molecule has 0 radical (unpaired) electrons. The fourth-order valence-electron chi connectivity index (χ4n) is 4.27. The molecule has 0 unspecified atom stereocenters. The van der Waals surface area contributed by atoms with Crippen LogP contribution < -0.4 is 15.6 Å². The monoisotopic (exact) mass is 454 g/mol. The standard InChI is InChI=1S/C23H19ClN2O4S/c1-30-16-10-15(24)19-18(14-6-9-31-20(14)21(27)26-19)17(16)12-2-4-13(5-3-12)23(7-8-23)11-25-22(28)29/h2-6,9-10,25H,7-8,11H2,1H3,(H,26,27)(H,28,29). The van der Waals surface area contributed by atoms with Gasteiger partial charge in [-0.3, -0.25) is 4.79 Å². The van der Waals surface area contributed by atoms with Crippen molar-refractivity contribution in [1.82, 2.24) is 10.3 Å². The highest BCUT2D eigenvalue weighted by atomic mass is 35.5. The Morgan fingerprint density at radius 2 is 2.03 bits per heavy atom. The number of H-pyrrole nitrogens is 1. The number of hydrogen-bond donors (Lipinski definition) is 3. The summed E-state index contributed by atoms with van der Waals surface area (Å²) in [5, 5.41) is 15.5. The van der Waals surface area contributed by atoms with Crippen LogP contribution in [-0.4, -0.2) is 29.8 Å². The van der Waals surface area contributed by atoms with Crippen LogP contribution in [0.1, 0.15) is 18.4 Å². The average Bonchev–Trinajstić information content (AvgIpc) is 3.39. The lowest BCUT2D eigenvalue weighted by molar-refractivity contribution is 0.193. The van der Waals surface area contributed by atoms with Gasteiger partial charge in [-0.25, -0.2) is 4.79 Å². The van der Waals surface area contributed by atoms with Gasteiger partial charge in [-0.1, -0.05) is 35.9 Å². The molecule has 1 amide bonds. The van der Waals surface area contributed by atoms with Crippen LogP contribution in [0.3, 0.4) is 0 Å². The summed E-state index contributed by atoms with van der Waals surface area (Å²) >= 11 is 7.88. The number of hydrogen-bond acceptors (Lipinski definition) is 4. The van der Waals surface area contributed by atoms with Gasteiger partial charge < -0.3 is 20.1 Å². The van der Waals surface area contributed by atoms with Crippen molar-refractivity contribution in [1.29, 1.82) is 0 Å². The Morgan fingerprint density at radius 3 is 2.68 bits per heavy atom. The Kier molecular flexibility index (Phi) is 4.68. The number of carbonyl (C=O) groups is 1. The first-order valence-corrected chi connectivity index (χ1v) is 11.1. The minimum absolute atomic E-state index is 0.130. The zero-order chi connectivity index (χ0) is 21.8. The molecular formula is C23H19ClN2O4S. The van der Waals surface area contributed by atoms with Gasteiger partial charge in [0.1, 0.15) is 10.4 Å².